The molecule has 0 N–H and O–H groups in total. The van der Waals surface area contributed by atoms with E-state index in [9.17, 15) is 4.79 Å². The van der Waals surface area contributed by atoms with Crippen molar-refractivity contribution in [1.82, 2.24) is 9.88 Å². The zero-order valence-electron chi connectivity index (χ0n) is 16.8. The number of carbonyl (C=O) groups is 1. The molecule has 0 bridgehead atoms. The van der Waals surface area contributed by atoms with Gasteiger partial charge in [-0.05, 0) is 31.6 Å². The first-order valence-corrected chi connectivity index (χ1v) is 10.1. The Morgan fingerprint density at radius 3 is 2.93 bits per heavy atom. The van der Waals surface area contributed by atoms with Gasteiger partial charge >= 0.3 is 0 Å². The second-order valence-electron chi connectivity index (χ2n) is 7.74. The van der Waals surface area contributed by atoms with Crippen molar-refractivity contribution < 1.29 is 19.0 Å². The molecule has 0 radical (unpaired) electrons. The molecule has 1 aromatic carbocycles. The lowest BCUT2D eigenvalue weighted by Crippen LogP contribution is -2.44. The smallest absolute Gasteiger partial charge is 0.264 e. The zero-order valence-corrected chi connectivity index (χ0v) is 16.8. The molecule has 3 aliphatic heterocycles. The summed E-state index contributed by atoms with van der Waals surface area (Å²) in [4.78, 5) is 20.2. The fourth-order valence-electron chi connectivity index (χ4n) is 4.69. The van der Waals surface area contributed by atoms with Crippen molar-refractivity contribution >= 4 is 22.5 Å². The third kappa shape index (κ3) is 2.66. The highest BCUT2D eigenvalue weighted by atomic mass is 16.5. The van der Waals surface area contributed by atoms with Crippen molar-refractivity contribution in [3.8, 4) is 5.75 Å². The largest absolute Gasteiger partial charge is 0.498 e. The van der Waals surface area contributed by atoms with Crippen molar-refractivity contribution in [2.75, 3.05) is 26.9 Å². The summed E-state index contributed by atoms with van der Waals surface area (Å²) in [5.74, 6) is 0.930. The molecule has 0 aliphatic carbocycles. The average Bonchev–Trinajstić information content (AvgIpc) is 3.01. The van der Waals surface area contributed by atoms with Crippen LogP contribution in [0, 0.1) is 11.8 Å². The number of rotatable bonds is 4. The van der Waals surface area contributed by atoms with E-state index in [0.29, 0.717) is 36.8 Å². The summed E-state index contributed by atoms with van der Waals surface area (Å²) in [5.41, 5.74) is 4.08. The van der Waals surface area contributed by atoms with Gasteiger partial charge in [0.05, 0.1) is 30.7 Å². The summed E-state index contributed by atoms with van der Waals surface area (Å²) >= 11 is 0. The number of carbonyl (C=O) groups excluding carboxylic acids is 1. The maximum Gasteiger partial charge on any atom is 0.264 e. The Bertz CT molecular complexity index is 1060. The van der Waals surface area contributed by atoms with E-state index in [-0.39, 0.29) is 23.8 Å². The van der Waals surface area contributed by atoms with E-state index in [0.717, 1.165) is 22.2 Å². The Kier molecular flexibility index (Phi) is 4.32. The summed E-state index contributed by atoms with van der Waals surface area (Å²) in [6.07, 6.45) is 4.01. The minimum atomic E-state index is -0.0403. The molecular weight excluding hydrogens is 368 g/mol. The van der Waals surface area contributed by atoms with E-state index in [2.05, 4.69) is 13.0 Å². The molecule has 4 heterocycles. The topological polar surface area (TPSA) is 60.9 Å². The standard InChI is InChI=1S/C23H24N2O4/c1-4-28-22-15-7-5-6-8-18(15)24-21-19-9-16-14(11-27-3)12-29-13(2)17(16)10-25(19)23(26)20(21)22/h5-9,12-13,16-17H,4,10-11H2,1-3H3/t13-,16?,17-/m0/s1. The number of amides is 1. The number of benzene rings is 1. The Balaban J connectivity index is 1.70. The fraction of sp³-hybridized carbons (Fsp3) is 0.391. The number of para-hydroxylation sites is 1. The quantitative estimate of drug-likeness (QED) is 0.795. The van der Waals surface area contributed by atoms with Crippen LogP contribution in [0.1, 0.15) is 29.9 Å². The third-order valence-corrected chi connectivity index (χ3v) is 6.09. The predicted molar refractivity (Wildman–Crippen MR) is 109 cm³/mol. The Morgan fingerprint density at radius 1 is 1.31 bits per heavy atom. The van der Waals surface area contributed by atoms with Crippen LogP contribution in [0.5, 0.6) is 5.75 Å². The normalized spacial score (nSPS) is 25.0. The Morgan fingerprint density at radius 2 is 2.14 bits per heavy atom. The molecule has 6 heteroatoms. The molecule has 0 fully saturated rings. The lowest BCUT2D eigenvalue weighted by molar-refractivity contribution is 0.0370. The van der Waals surface area contributed by atoms with Crippen LogP contribution in [0.15, 0.2) is 42.2 Å². The molecular formula is C23H24N2O4. The lowest BCUT2D eigenvalue weighted by Gasteiger charge is -2.41. The van der Waals surface area contributed by atoms with Gasteiger partial charge in [-0.25, -0.2) is 4.98 Å². The second kappa shape index (κ2) is 6.88. The highest BCUT2D eigenvalue weighted by Gasteiger charge is 2.46. The van der Waals surface area contributed by atoms with E-state index in [1.807, 2.05) is 42.4 Å². The minimum absolute atomic E-state index is 0.0216. The molecule has 0 spiro atoms. The van der Waals surface area contributed by atoms with E-state index in [1.54, 1.807) is 7.11 Å². The molecule has 1 amide bonds. The maximum absolute atomic E-state index is 13.4. The van der Waals surface area contributed by atoms with E-state index in [4.69, 9.17) is 19.2 Å². The van der Waals surface area contributed by atoms with Gasteiger partial charge in [-0.1, -0.05) is 18.2 Å². The van der Waals surface area contributed by atoms with Gasteiger partial charge in [-0.15, -0.1) is 0 Å². The molecule has 6 nitrogen and oxygen atoms in total. The van der Waals surface area contributed by atoms with Crippen molar-refractivity contribution in [2.45, 2.75) is 20.0 Å². The van der Waals surface area contributed by atoms with Crippen LogP contribution < -0.4 is 4.74 Å². The number of hydrogen-bond donors (Lipinski definition) is 0. The van der Waals surface area contributed by atoms with Crippen LogP contribution in [-0.4, -0.2) is 48.8 Å². The number of aromatic nitrogens is 1. The molecule has 150 valence electrons. The summed E-state index contributed by atoms with van der Waals surface area (Å²) in [6, 6.07) is 7.82. The van der Waals surface area contributed by atoms with Crippen LogP contribution in [0.25, 0.3) is 16.6 Å². The second-order valence-corrected chi connectivity index (χ2v) is 7.74. The lowest BCUT2D eigenvalue weighted by atomic mass is 9.78. The summed E-state index contributed by atoms with van der Waals surface area (Å²) < 4.78 is 17.2. The first-order valence-electron chi connectivity index (χ1n) is 10.1. The van der Waals surface area contributed by atoms with Crippen LogP contribution in [0.4, 0.5) is 0 Å². The van der Waals surface area contributed by atoms with Gasteiger partial charge in [-0.2, -0.15) is 0 Å². The molecule has 29 heavy (non-hydrogen) atoms. The first-order chi connectivity index (χ1) is 14.1. The monoisotopic (exact) mass is 392 g/mol. The van der Waals surface area contributed by atoms with Gasteiger partial charge in [0, 0.05) is 30.9 Å². The third-order valence-electron chi connectivity index (χ3n) is 6.09. The molecule has 1 unspecified atom stereocenters. The molecule has 0 saturated carbocycles. The molecule has 1 aromatic heterocycles. The van der Waals surface area contributed by atoms with Crippen LogP contribution in [0.3, 0.4) is 0 Å². The number of methoxy groups -OCH3 is 1. The molecule has 3 atom stereocenters. The number of ether oxygens (including phenoxy) is 3. The maximum atomic E-state index is 13.4. The summed E-state index contributed by atoms with van der Waals surface area (Å²) in [6.45, 7) is 5.58. The van der Waals surface area contributed by atoms with Crippen molar-refractivity contribution in [3.63, 3.8) is 0 Å². The summed E-state index contributed by atoms with van der Waals surface area (Å²) in [7, 11) is 1.69. The van der Waals surface area contributed by atoms with E-state index < -0.39 is 0 Å². The molecule has 3 aliphatic rings. The van der Waals surface area contributed by atoms with Gasteiger partial charge in [0.2, 0.25) is 0 Å². The molecule has 0 saturated heterocycles. The predicted octanol–water partition coefficient (Wildman–Crippen LogP) is 3.63. The van der Waals surface area contributed by atoms with E-state index in [1.165, 1.54) is 0 Å². The van der Waals surface area contributed by atoms with Gasteiger partial charge in [0.15, 0.2) is 0 Å². The highest BCUT2D eigenvalue weighted by molar-refractivity contribution is 6.14. The summed E-state index contributed by atoms with van der Waals surface area (Å²) in [5, 5.41) is 0.871. The van der Waals surface area contributed by atoms with Gasteiger partial charge in [0.1, 0.15) is 23.1 Å². The van der Waals surface area contributed by atoms with Crippen LogP contribution >= 0.6 is 0 Å². The molecule has 5 rings (SSSR count). The van der Waals surface area contributed by atoms with Crippen molar-refractivity contribution in [3.05, 3.63) is 53.4 Å². The number of allylic oxidation sites excluding steroid dienone is 1. The first kappa shape index (κ1) is 18.2. The SMILES string of the molecule is CCOc1c2c(nc3ccccc13)C1=CC3C(COC)=CO[C@@H](C)[C@@H]3CN1C2=O. The highest BCUT2D eigenvalue weighted by Crippen LogP contribution is 2.47. The molecule has 2 aromatic rings. The van der Waals surface area contributed by atoms with Crippen molar-refractivity contribution in [2.24, 2.45) is 11.8 Å². The average molecular weight is 392 g/mol. The van der Waals surface area contributed by atoms with E-state index >= 15 is 0 Å². The number of pyridine rings is 1. The number of hydrogen-bond acceptors (Lipinski definition) is 5. The van der Waals surface area contributed by atoms with Gasteiger partial charge in [-0.3, -0.25) is 4.79 Å². The Hall–Kier alpha value is -2.86. The zero-order chi connectivity index (χ0) is 20.1. The number of fused-ring (bicyclic) bond motifs is 5. The number of nitrogens with zero attached hydrogens (tertiary/aromatic N) is 2. The van der Waals surface area contributed by atoms with Crippen LogP contribution in [0.2, 0.25) is 0 Å². The van der Waals surface area contributed by atoms with Gasteiger partial charge < -0.3 is 19.1 Å². The Labute approximate surface area is 169 Å². The van der Waals surface area contributed by atoms with Gasteiger partial charge in [0.25, 0.3) is 5.91 Å². The minimum Gasteiger partial charge on any atom is -0.498 e. The fourth-order valence-corrected chi connectivity index (χ4v) is 4.69. The van der Waals surface area contributed by atoms with Crippen LogP contribution in [-0.2, 0) is 9.47 Å². The van der Waals surface area contributed by atoms with Crippen molar-refractivity contribution in [1.29, 1.82) is 0 Å².